The van der Waals surface area contributed by atoms with Crippen LogP contribution in [0.2, 0.25) is 0 Å². The Bertz CT molecular complexity index is 998. The van der Waals surface area contributed by atoms with Gasteiger partial charge in [-0.15, -0.1) is 0 Å². The predicted octanol–water partition coefficient (Wildman–Crippen LogP) is 2.98. The molecule has 2 aromatic heterocycles. The van der Waals surface area contributed by atoms with E-state index >= 15 is 0 Å². The monoisotopic (exact) mass is 440 g/mol. The molecule has 2 N–H and O–H groups in total. The van der Waals surface area contributed by atoms with Gasteiger partial charge < -0.3 is 20.3 Å². The molecule has 9 nitrogen and oxygen atoms in total. The molecule has 0 saturated carbocycles. The third-order valence-electron chi connectivity index (χ3n) is 6.05. The number of aryl methyl sites for hydroxylation is 1. The highest BCUT2D eigenvalue weighted by molar-refractivity contribution is 5.89. The summed E-state index contributed by atoms with van der Waals surface area (Å²) in [5, 5.41) is 11.9. The first-order chi connectivity index (χ1) is 15.5. The third kappa shape index (κ3) is 4.78. The Kier molecular flexibility index (Phi) is 7.05. The number of anilines is 2. The topological polar surface area (TPSA) is 92.5 Å². The highest BCUT2D eigenvalue weighted by atomic mass is 16.5. The van der Waals surface area contributed by atoms with Gasteiger partial charge in [0.05, 0.1) is 18.8 Å². The number of hydrogen-bond acceptors (Lipinski definition) is 8. The molecule has 32 heavy (non-hydrogen) atoms. The van der Waals surface area contributed by atoms with Crippen molar-refractivity contribution >= 4 is 29.0 Å². The Hall–Kier alpha value is -2.52. The molecule has 0 spiro atoms. The normalized spacial score (nSPS) is 23.6. The minimum atomic E-state index is 0.308. The minimum absolute atomic E-state index is 0.308. The van der Waals surface area contributed by atoms with E-state index in [1.165, 1.54) is 0 Å². The first kappa shape index (κ1) is 22.7. The molecule has 1 fully saturated rings. The van der Waals surface area contributed by atoms with Crippen molar-refractivity contribution in [1.29, 1.82) is 0 Å². The summed E-state index contributed by atoms with van der Waals surface area (Å²) in [6.45, 7) is 14.4. The molecular weight excluding hydrogens is 404 g/mol. The van der Waals surface area contributed by atoms with Crippen molar-refractivity contribution in [1.82, 2.24) is 25.1 Å². The predicted molar refractivity (Wildman–Crippen MR) is 129 cm³/mol. The average Bonchev–Trinajstić information content (AvgIpc) is 3.15. The average molecular weight is 441 g/mol. The second-order valence-electron chi connectivity index (χ2n) is 8.81. The van der Waals surface area contributed by atoms with Crippen molar-refractivity contribution in [3.05, 3.63) is 17.6 Å². The smallest absolute Gasteiger partial charge is 0.228 e. The Balaban J connectivity index is 1.79. The first-order valence-electron chi connectivity index (χ1n) is 11.9. The summed E-state index contributed by atoms with van der Waals surface area (Å²) < 4.78 is 7.59. The van der Waals surface area contributed by atoms with Gasteiger partial charge in [-0.05, 0) is 45.6 Å². The van der Waals surface area contributed by atoms with E-state index in [4.69, 9.17) is 19.8 Å². The molecular formula is C23H36N8O. The van der Waals surface area contributed by atoms with Crippen LogP contribution in [0.15, 0.2) is 16.9 Å². The zero-order chi connectivity index (χ0) is 22.7. The molecule has 3 atom stereocenters. The quantitative estimate of drug-likeness (QED) is 0.610. The van der Waals surface area contributed by atoms with Gasteiger partial charge in [-0.1, -0.05) is 13.8 Å². The Morgan fingerprint density at radius 1 is 1.22 bits per heavy atom. The van der Waals surface area contributed by atoms with Crippen LogP contribution in [-0.4, -0.2) is 64.4 Å². The van der Waals surface area contributed by atoms with Gasteiger partial charge in [0, 0.05) is 38.0 Å². The number of nitrogens with zero attached hydrogens (tertiary/aromatic N) is 6. The second kappa shape index (κ2) is 9.95. The number of ether oxygens (including phenoxy) is 1. The van der Waals surface area contributed by atoms with Crippen molar-refractivity contribution in [2.45, 2.75) is 66.1 Å². The van der Waals surface area contributed by atoms with Gasteiger partial charge in [0.1, 0.15) is 16.9 Å². The van der Waals surface area contributed by atoms with Gasteiger partial charge in [-0.25, -0.2) is 9.98 Å². The van der Waals surface area contributed by atoms with Crippen LogP contribution in [0.25, 0.3) is 11.0 Å². The summed E-state index contributed by atoms with van der Waals surface area (Å²) in [7, 11) is 0. The fourth-order valence-electron chi connectivity index (χ4n) is 4.17. The van der Waals surface area contributed by atoms with Crippen molar-refractivity contribution in [2.75, 3.05) is 36.5 Å². The van der Waals surface area contributed by atoms with Gasteiger partial charge in [0.15, 0.2) is 5.82 Å². The first-order valence-corrected chi connectivity index (χ1v) is 11.9. The zero-order valence-electron chi connectivity index (χ0n) is 19.9. The van der Waals surface area contributed by atoms with Crippen LogP contribution in [-0.2, 0) is 17.7 Å². The number of hydrogen-bond donors (Lipinski definition) is 2. The zero-order valence-corrected chi connectivity index (χ0v) is 19.9. The lowest BCUT2D eigenvalue weighted by molar-refractivity contribution is 0.137. The molecule has 0 amide bonds. The number of allylic oxidation sites excluding steroid dienone is 1. The van der Waals surface area contributed by atoms with E-state index in [-0.39, 0.29) is 0 Å². The lowest BCUT2D eigenvalue weighted by Gasteiger charge is -2.37. The molecule has 174 valence electrons. The summed E-state index contributed by atoms with van der Waals surface area (Å²) in [4.78, 5) is 16.9. The molecule has 0 aliphatic carbocycles. The van der Waals surface area contributed by atoms with Gasteiger partial charge in [-0.2, -0.15) is 10.1 Å². The van der Waals surface area contributed by atoms with Crippen LogP contribution in [0.5, 0.6) is 0 Å². The van der Waals surface area contributed by atoms with Gasteiger partial charge in [0.25, 0.3) is 0 Å². The maximum Gasteiger partial charge on any atom is 0.228 e. The largest absolute Gasteiger partial charge is 0.380 e. The molecule has 2 aliphatic heterocycles. The highest BCUT2D eigenvalue weighted by Gasteiger charge is 2.27. The molecule has 2 aliphatic rings. The van der Waals surface area contributed by atoms with E-state index in [1.807, 2.05) is 17.8 Å². The summed E-state index contributed by atoms with van der Waals surface area (Å²) >= 11 is 0. The van der Waals surface area contributed by atoms with Crippen LogP contribution in [0.1, 0.15) is 46.7 Å². The molecule has 9 heteroatoms. The summed E-state index contributed by atoms with van der Waals surface area (Å²) in [5.74, 6) is 2.78. The van der Waals surface area contributed by atoms with E-state index in [0.29, 0.717) is 37.8 Å². The standard InChI is InChI=1S/C23H36N8O/c1-6-18-20-21(31(29-18)10-11-32-7-2)22(26-19-9-8-15(3)12-25-19)28-23(27-20)30-14-16(4)24-13-17(30)5/h9,12,15-17,24H,6-8,10-11,13-14H2,1-5H3,(H,26,27,28)/t15?,16-,17+/m1/s1. The molecule has 2 aromatic rings. The Labute approximate surface area is 190 Å². The molecule has 4 rings (SSSR count). The number of nitrogens with one attached hydrogen (secondary N) is 2. The van der Waals surface area contributed by atoms with E-state index < -0.39 is 0 Å². The fraction of sp³-hybridized carbons (Fsp3) is 0.652. The minimum Gasteiger partial charge on any atom is -0.380 e. The molecule has 0 radical (unpaired) electrons. The number of aromatic nitrogens is 4. The number of aliphatic imine (C=N–C) groups is 1. The highest BCUT2D eigenvalue weighted by Crippen LogP contribution is 2.29. The van der Waals surface area contributed by atoms with Crippen LogP contribution < -0.4 is 15.5 Å². The maximum atomic E-state index is 5.60. The number of fused-ring (bicyclic) bond motifs is 1. The molecule has 1 saturated heterocycles. The van der Waals surface area contributed by atoms with Gasteiger partial charge in [-0.3, -0.25) is 4.68 Å². The van der Waals surface area contributed by atoms with Crippen LogP contribution in [0.3, 0.4) is 0 Å². The van der Waals surface area contributed by atoms with E-state index in [9.17, 15) is 0 Å². The van der Waals surface area contributed by atoms with Crippen LogP contribution >= 0.6 is 0 Å². The van der Waals surface area contributed by atoms with Crippen molar-refractivity contribution in [2.24, 2.45) is 10.9 Å². The van der Waals surface area contributed by atoms with E-state index in [0.717, 1.165) is 60.2 Å². The summed E-state index contributed by atoms with van der Waals surface area (Å²) in [6, 6.07) is 0.691. The van der Waals surface area contributed by atoms with Crippen molar-refractivity contribution in [3.8, 4) is 0 Å². The fourth-order valence-corrected chi connectivity index (χ4v) is 4.17. The Morgan fingerprint density at radius 3 is 2.78 bits per heavy atom. The second-order valence-corrected chi connectivity index (χ2v) is 8.81. The van der Waals surface area contributed by atoms with Crippen LogP contribution in [0, 0.1) is 5.92 Å². The number of piperazine rings is 1. The van der Waals surface area contributed by atoms with Crippen molar-refractivity contribution < 1.29 is 4.74 Å². The molecule has 0 aromatic carbocycles. The number of rotatable bonds is 8. The van der Waals surface area contributed by atoms with Gasteiger partial charge in [0.2, 0.25) is 5.95 Å². The molecule has 1 unspecified atom stereocenters. The van der Waals surface area contributed by atoms with Crippen LogP contribution in [0.4, 0.5) is 11.8 Å². The van der Waals surface area contributed by atoms with E-state index in [2.05, 4.69) is 54.3 Å². The summed E-state index contributed by atoms with van der Waals surface area (Å²) in [5.41, 5.74) is 2.80. The Morgan fingerprint density at radius 2 is 2.06 bits per heavy atom. The van der Waals surface area contributed by atoms with Gasteiger partial charge >= 0.3 is 0 Å². The maximum absolute atomic E-state index is 5.60. The lowest BCUT2D eigenvalue weighted by Crippen LogP contribution is -2.55. The van der Waals surface area contributed by atoms with E-state index in [1.54, 1.807) is 0 Å². The van der Waals surface area contributed by atoms with Crippen molar-refractivity contribution in [3.63, 3.8) is 0 Å². The summed E-state index contributed by atoms with van der Waals surface area (Å²) in [6.07, 6.45) is 5.89. The molecule has 4 heterocycles. The SMILES string of the molecule is CCOCCn1nc(CC)c2nc(N3C[C@@H](C)NC[C@@H]3C)nc(NC3=CCC(C)C=N3)c21. The molecule has 0 bridgehead atoms. The lowest BCUT2D eigenvalue weighted by atomic mass is 10.1. The third-order valence-corrected chi connectivity index (χ3v) is 6.05.